The molecule has 0 aliphatic heterocycles. The number of alkyl halides is 3. The van der Waals surface area contributed by atoms with E-state index < -0.39 is 28.2 Å². The second-order valence-corrected chi connectivity index (χ2v) is 8.86. The van der Waals surface area contributed by atoms with Gasteiger partial charge in [-0.2, -0.15) is 0 Å². The van der Waals surface area contributed by atoms with Crippen molar-refractivity contribution in [2.45, 2.75) is 43.0 Å². The van der Waals surface area contributed by atoms with Crippen LogP contribution >= 0.6 is 11.6 Å². The molecule has 0 spiro atoms. The zero-order chi connectivity index (χ0) is 20.4. The number of hydrogen-bond donors (Lipinski definition) is 1. The van der Waals surface area contributed by atoms with Gasteiger partial charge >= 0.3 is 6.36 Å². The van der Waals surface area contributed by atoms with Crippen molar-refractivity contribution in [1.29, 1.82) is 0 Å². The van der Waals surface area contributed by atoms with Gasteiger partial charge in [-0.05, 0) is 60.7 Å². The highest BCUT2D eigenvalue weighted by molar-refractivity contribution is 7.89. The maximum atomic E-state index is 12.8. The summed E-state index contributed by atoms with van der Waals surface area (Å²) >= 11 is 5.94. The molecule has 2 aromatic rings. The van der Waals surface area contributed by atoms with Gasteiger partial charge in [-0.15, -0.1) is 13.2 Å². The molecule has 1 N–H and O–H groups in total. The Bertz CT molecular complexity index is 894. The van der Waals surface area contributed by atoms with Crippen molar-refractivity contribution in [2.24, 2.45) is 5.92 Å². The van der Waals surface area contributed by atoms with Crippen LogP contribution in [-0.2, 0) is 10.0 Å². The molecule has 2 aromatic carbocycles. The van der Waals surface area contributed by atoms with Crippen LogP contribution in [0.5, 0.6) is 5.75 Å². The lowest BCUT2D eigenvalue weighted by atomic mass is 9.93. The molecule has 3 rings (SSSR count). The fourth-order valence-corrected chi connectivity index (χ4v) is 4.87. The summed E-state index contributed by atoms with van der Waals surface area (Å²) < 4.78 is 69.0. The van der Waals surface area contributed by atoms with E-state index in [2.05, 4.69) is 9.46 Å². The SMILES string of the molecule is O=S(=O)(N[C@@H](c1ccc(Cl)cc1)C1CCCC1)c1ccc(OC(F)(F)F)cc1. The molecule has 1 fully saturated rings. The Balaban J connectivity index is 1.83. The summed E-state index contributed by atoms with van der Waals surface area (Å²) in [5.74, 6) is -0.333. The second-order valence-electron chi connectivity index (χ2n) is 6.71. The third kappa shape index (κ3) is 5.40. The van der Waals surface area contributed by atoms with Gasteiger partial charge in [-0.3, -0.25) is 0 Å². The highest BCUT2D eigenvalue weighted by Crippen LogP contribution is 2.37. The van der Waals surface area contributed by atoms with Crippen molar-refractivity contribution in [1.82, 2.24) is 4.72 Å². The number of hydrogen-bond acceptors (Lipinski definition) is 3. The first-order valence-electron chi connectivity index (χ1n) is 8.78. The van der Waals surface area contributed by atoms with Crippen molar-refractivity contribution in [3.05, 3.63) is 59.1 Å². The molecule has 0 saturated heterocycles. The van der Waals surface area contributed by atoms with Gasteiger partial charge in [0.25, 0.3) is 0 Å². The van der Waals surface area contributed by atoms with Crippen molar-refractivity contribution in [3.8, 4) is 5.75 Å². The molecule has 152 valence electrons. The van der Waals surface area contributed by atoms with Crippen molar-refractivity contribution >= 4 is 21.6 Å². The van der Waals surface area contributed by atoms with Crippen molar-refractivity contribution in [3.63, 3.8) is 0 Å². The normalized spacial score (nSPS) is 16.9. The highest BCUT2D eigenvalue weighted by atomic mass is 35.5. The molecule has 1 atom stereocenters. The van der Waals surface area contributed by atoms with Gasteiger partial charge in [0, 0.05) is 11.1 Å². The van der Waals surface area contributed by atoms with Crippen LogP contribution < -0.4 is 9.46 Å². The van der Waals surface area contributed by atoms with E-state index in [1.165, 1.54) is 0 Å². The van der Waals surface area contributed by atoms with E-state index in [4.69, 9.17) is 11.6 Å². The number of benzene rings is 2. The lowest BCUT2D eigenvalue weighted by Gasteiger charge is -2.25. The summed E-state index contributed by atoms with van der Waals surface area (Å²) in [6.45, 7) is 0. The first kappa shape index (κ1) is 21.0. The van der Waals surface area contributed by atoms with Crippen LogP contribution in [0.2, 0.25) is 5.02 Å². The summed E-state index contributed by atoms with van der Waals surface area (Å²) in [6, 6.07) is 10.7. The molecule has 0 amide bonds. The molecule has 0 unspecified atom stereocenters. The van der Waals surface area contributed by atoms with Gasteiger partial charge in [0.15, 0.2) is 0 Å². The third-order valence-corrected chi connectivity index (χ3v) is 6.46. The topological polar surface area (TPSA) is 55.4 Å². The Hall–Kier alpha value is -1.77. The minimum Gasteiger partial charge on any atom is -0.406 e. The van der Waals surface area contributed by atoms with Crippen LogP contribution in [0.1, 0.15) is 37.3 Å². The van der Waals surface area contributed by atoms with E-state index in [1.807, 2.05) is 0 Å². The number of halogens is 4. The zero-order valence-electron chi connectivity index (χ0n) is 14.7. The smallest absolute Gasteiger partial charge is 0.406 e. The lowest BCUT2D eigenvalue weighted by molar-refractivity contribution is -0.274. The number of rotatable bonds is 6. The van der Waals surface area contributed by atoms with Gasteiger partial charge in [-0.25, -0.2) is 13.1 Å². The van der Waals surface area contributed by atoms with Crippen LogP contribution in [-0.4, -0.2) is 14.8 Å². The minimum atomic E-state index is -4.83. The number of nitrogens with one attached hydrogen (secondary N) is 1. The van der Waals surface area contributed by atoms with E-state index in [-0.39, 0.29) is 10.8 Å². The fraction of sp³-hybridized carbons (Fsp3) is 0.368. The summed E-state index contributed by atoms with van der Waals surface area (Å²) in [4.78, 5) is -0.126. The zero-order valence-corrected chi connectivity index (χ0v) is 16.3. The molecule has 0 bridgehead atoms. The van der Waals surface area contributed by atoms with Crippen molar-refractivity contribution in [2.75, 3.05) is 0 Å². The molecule has 0 heterocycles. The van der Waals surface area contributed by atoms with Crippen LogP contribution in [0.3, 0.4) is 0 Å². The summed E-state index contributed by atoms with van der Waals surface area (Å²) in [6.07, 6.45) is -0.983. The maximum Gasteiger partial charge on any atom is 0.573 e. The van der Waals surface area contributed by atoms with Gasteiger partial charge in [-0.1, -0.05) is 36.6 Å². The Morgan fingerprint density at radius 1 is 1.00 bits per heavy atom. The quantitative estimate of drug-likeness (QED) is 0.659. The van der Waals surface area contributed by atoms with E-state index in [0.717, 1.165) is 55.5 Å². The molecule has 0 radical (unpaired) electrons. The summed E-state index contributed by atoms with van der Waals surface area (Å²) in [7, 11) is -3.94. The van der Waals surface area contributed by atoms with Crippen molar-refractivity contribution < 1.29 is 26.3 Å². The maximum absolute atomic E-state index is 12.8. The van der Waals surface area contributed by atoms with Crippen LogP contribution in [0, 0.1) is 5.92 Å². The Morgan fingerprint density at radius 3 is 2.11 bits per heavy atom. The van der Waals surface area contributed by atoms with Crippen LogP contribution in [0.15, 0.2) is 53.4 Å². The predicted molar refractivity (Wildman–Crippen MR) is 99.6 cm³/mol. The van der Waals surface area contributed by atoms with E-state index in [1.54, 1.807) is 24.3 Å². The number of ether oxygens (including phenoxy) is 1. The largest absolute Gasteiger partial charge is 0.573 e. The molecule has 0 aromatic heterocycles. The van der Waals surface area contributed by atoms with Gasteiger partial charge in [0.1, 0.15) is 5.75 Å². The Kier molecular flexibility index (Phi) is 6.21. The Morgan fingerprint density at radius 2 is 1.57 bits per heavy atom. The van der Waals surface area contributed by atoms with E-state index >= 15 is 0 Å². The predicted octanol–water partition coefficient (Wildman–Crippen LogP) is 5.45. The van der Waals surface area contributed by atoms with Gasteiger partial charge in [0.05, 0.1) is 4.90 Å². The number of sulfonamides is 1. The average molecular weight is 434 g/mol. The fourth-order valence-electron chi connectivity index (χ4n) is 3.45. The molecule has 1 aliphatic rings. The van der Waals surface area contributed by atoms with Crippen LogP contribution in [0.25, 0.3) is 0 Å². The first-order valence-corrected chi connectivity index (χ1v) is 10.6. The average Bonchev–Trinajstić information content (AvgIpc) is 3.14. The third-order valence-electron chi connectivity index (χ3n) is 4.75. The Labute approximate surface area is 166 Å². The molecule has 1 saturated carbocycles. The summed E-state index contributed by atoms with van der Waals surface area (Å²) in [5, 5.41) is 0.553. The second kappa shape index (κ2) is 8.31. The molecule has 28 heavy (non-hydrogen) atoms. The molecule has 1 aliphatic carbocycles. The van der Waals surface area contributed by atoms with Crippen LogP contribution in [0.4, 0.5) is 13.2 Å². The van der Waals surface area contributed by atoms with E-state index in [0.29, 0.717) is 5.02 Å². The first-order chi connectivity index (χ1) is 13.1. The molecular formula is C19H19ClF3NO3S. The van der Waals surface area contributed by atoms with Gasteiger partial charge in [0.2, 0.25) is 10.0 Å². The monoisotopic (exact) mass is 433 g/mol. The minimum absolute atomic E-state index is 0.126. The van der Waals surface area contributed by atoms with Gasteiger partial charge < -0.3 is 4.74 Å². The lowest BCUT2D eigenvalue weighted by Crippen LogP contribution is -2.32. The summed E-state index contributed by atoms with van der Waals surface area (Å²) in [5.41, 5.74) is 0.803. The molecule has 9 heteroatoms. The highest BCUT2D eigenvalue weighted by Gasteiger charge is 2.32. The molecule has 4 nitrogen and oxygen atoms in total. The standard InChI is InChI=1S/C19H19ClF3NO3S/c20-15-7-5-14(6-8-15)18(13-3-1-2-4-13)24-28(25,26)17-11-9-16(10-12-17)27-19(21,22)23/h5-13,18,24H,1-4H2/t18-/m1/s1. The van der Waals surface area contributed by atoms with E-state index in [9.17, 15) is 21.6 Å². The molecular weight excluding hydrogens is 415 g/mol.